The standard InChI is InChI=1S/C11H24N2O2/c1-9(2)6-7-13(4)8-11(3,12)10(14)15-5/h9H,6-8,12H2,1-5H3. The van der Waals surface area contributed by atoms with Crippen LogP contribution in [0.2, 0.25) is 0 Å². The van der Waals surface area contributed by atoms with Gasteiger partial charge in [0.15, 0.2) is 0 Å². The minimum Gasteiger partial charge on any atom is -0.468 e. The maximum Gasteiger partial charge on any atom is 0.326 e. The molecule has 0 saturated carbocycles. The fourth-order valence-electron chi connectivity index (χ4n) is 1.42. The molecule has 0 aromatic rings. The summed E-state index contributed by atoms with van der Waals surface area (Å²) in [5.41, 5.74) is 4.95. The molecular formula is C11H24N2O2. The molecule has 4 nitrogen and oxygen atoms in total. The van der Waals surface area contributed by atoms with Crippen molar-refractivity contribution in [2.45, 2.75) is 32.7 Å². The second kappa shape index (κ2) is 6.08. The number of ether oxygens (including phenoxy) is 1. The number of esters is 1. The lowest BCUT2D eigenvalue weighted by molar-refractivity contribution is -0.147. The zero-order chi connectivity index (χ0) is 12.1. The smallest absolute Gasteiger partial charge is 0.326 e. The number of methoxy groups -OCH3 is 1. The average molecular weight is 216 g/mol. The summed E-state index contributed by atoms with van der Waals surface area (Å²) in [6, 6.07) is 0. The molecule has 4 heteroatoms. The maximum absolute atomic E-state index is 11.3. The molecule has 0 aromatic carbocycles. The number of hydrogen-bond donors (Lipinski definition) is 1. The van der Waals surface area contributed by atoms with Crippen LogP contribution < -0.4 is 5.73 Å². The predicted octanol–water partition coefficient (Wildman–Crippen LogP) is 0.855. The van der Waals surface area contributed by atoms with Gasteiger partial charge in [-0.1, -0.05) is 13.8 Å². The van der Waals surface area contributed by atoms with Gasteiger partial charge >= 0.3 is 5.97 Å². The molecule has 1 atom stereocenters. The molecule has 0 bridgehead atoms. The van der Waals surface area contributed by atoms with E-state index < -0.39 is 5.54 Å². The van der Waals surface area contributed by atoms with Crippen molar-refractivity contribution < 1.29 is 9.53 Å². The van der Waals surface area contributed by atoms with E-state index in [1.807, 2.05) is 7.05 Å². The van der Waals surface area contributed by atoms with Crippen molar-refractivity contribution in [2.24, 2.45) is 11.7 Å². The first-order valence-corrected chi connectivity index (χ1v) is 5.35. The third kappa shape index (κ3) is 5.74. The number of nitrogens with two attached hydrogens (primary N) is 1. The van der Waals surface area contributed by atoms with Crippen LogP contribution >= 0.6 is 0 Å². The van der Waals surface area contributed by atoms with Crippen LogP contribution in [-0.2, 0) is 9.53 Å². The highest BCUT2D eigenvalue weighted by atomic mass is 16.5. The molecule has 0 aromatic heterocycles. The zero-order valence-corrected chi connectivity index (χ0v) is 10.5. The molecule has 15 heavy (non-hydrogen) atoms. The van der Waals surface area contributed by atoms with Gasteiger partial charge in [0.2, 0.25) is 0 Å². The van der Waals surface area contributed by atoms with E-state index in [0.717, 1.165) is 13.0 Å². The minimum absolute atomic E-state index is 0.362. The minimum atomic E-state index is -0.916. The molecule has 0 heterocycles. The highest BCUT2D eigenvalue weighted by Gasteiger charge is 2.30. The fourth-order valence-corrected chi connectivity index (χ4v) is 1.42. The molecule has 0 amide bonds. The van der Waals surface area contributed by atoms with E-state index in [1.165, 1.54) is 7.11 Å². The van der Waals surface area contributed by atoms with Crippen LogP contribution in [0.4, 0.5) is 0 Å². The molecule has 0 aliphatic heterocycles. The molecule has 0 radical (unpaired) electrons. The second-order valence-electron chi connectivity index (χ2n) is 4.83. The Morgan fingerprint density at radius 2 is 2.07 bits per heavy atom. The number of rotatable bonds is 6. The Labute approximate surface area is 92.8 Å². The van der Waals surface area contributed by atoms with Gasteiger partial charge in [0, 0.05) is 6.54 Å². The second-order valence-corrected chi connectivity index (χ2v) is 4.83. The Bertz CT molecular complexity index is 203. The van der Waals surface area contributed by atoms with Crippen molar-refractivity contribution in [1.82, 2.24) is 4.90 Å². The lowest BCUT2D eigenvalue weighted by atomic mass is 10.0. The number of carbonyl (C=O) groups excluding carboxylic acids is 1. The first-order valence-electron chi connectivity index (χ1n) is 5.35. The van der Waals surface area contributed by atoms with Crippen molar-refractivity contribution in [3.8, 4) is 0 Å². The Kier molecular flexibility index (Phi) is 5.83. The van der Waals surface area contributed by atoms with E-state index in [1.54, 1.807) is 6.92 Å². The predicted molar refractivity (Wildman–Crippen MR) is 61.6 cm³/mol. The van der Waals surface area contributed by atoms with Gasteiger partial charge in [0.05, 0.1) is 7.11 Å². The molecule has 0 aliphatic rings. The third-order valence-corrected chi connectivity index (χ3v) is 2.34. The highest BCUT2D eigenvalue weighted by molar-refractivity contribution is 5.80. The first-order chi connectivity index (χ1) is 6.79. The third-order valence-electron chi connectivity index (χ3n) is 2.34. The number of nitrogens with zero attached hydrogens (tertiary/aromatic N) is 1. The van der Waals surface area contributed by atoms with Gasteiger partial charge in [-0.2, -0.15) is 0 Å². The lowest BCUT2D eigenvalue weighted by Crippen LogP contribution is -2.53. The van der Waals surface area contributed by atoms with Crippen molar-refractivity contribution in [3.05, 3.63) is 0 Å². The summed E-state index contributed by atoms with van der Waals surface area (Å²) in [5.74, 6) is 0.300. The molecule has 0 fully saturated rings. The molecule has 1 unspecified atom stereocenters. The van der Waals surface area contributed by atoms with Gasteiger partial charge in [-0.25, -0.2) is 0 Å². The zero-order valence-electron chi connectivity index (χ0n) is 10.5. The average Bonchev–Trinajstić information content (AvgIpc) is 2.12. The molecule has 0 aliphatic carbocycles. The molecular weight excluding hydrogens is 192 g/mol. The Hall–Kier alpha value is -0.610. The number of hydrogen-bond acceptors (Lipinski definition) is 4. The van der Waals surface area contributed by atoms with Crippen LogP contribution in [0.3, 0.4) is 0 Å². The SMILES string of the molecule is COC(=O)C(C)(N)CN(C)CCC(C)C. The highest BCUT2D eigenvalue weighted by Crippen LogP contribution is 2.06. The Morgan fingerprint density at radius 3 is 2.47 bits per heavy atom. The van der Waals surface area contributed by atoms with E-state index in [4.69, 9.17) is 5.73 Å². The summed E-state index contributed by atoms with van der Waals surface area (Å²) in [6.45, 7) is 7.52. The van der Waals surface area contributed by atoms with Crippen LogP contribution in [0.1, 0.15) is 27.2 Å². The van der Waals surface area contributed by atoms with Gasteiger partial charge in [-0.05, 0) is 32.9 Å². The van der Waals surface area contributed by atoms with E-state index in [9.17, 15) is 4.79 Å². The van der Waals surface area contributed by atoms with Crippen molar-refractivity contribution in [3.63, 3.8) is 0 Å². The molecule has 2 N–H and O–H groups in total. The van der Waals surface area contributed by atoms with Crippen molar-refractivity contribution >= 4 is 5.97 Å². The Balaban J connectivity index is 4.04. The van der Waals surface area contributed by atoms with E-state index in [0.29, 0.717) is 12.5 Å². The van der Waals surface area contributed by atoms with Crippen LogP contribution in [0.5, 0.6) is 0 Å². The van der Waals surface area contributed by atoms with Gasteiger partial charge in [-0.3, -0.25) is 4.79 Å². The van der Waals surface area contributed by atoms with E-state index in [-0.39, 0.29) is 5.97 Å². The van der Waals surface area contributed by atoms with Crippen LogP contribution in [0, 0.1) is 5.92 Å². The van der Waals surface area contributed by atoms with Gasteiger partial charge < -0.3 is 15.4 Å². The topological polar surface area (TPSA) is 55.6 Å². The fraction of sp³-hybridized carbons (Fsp3) is 0.909. The summed E-state index contributed by atoms with van der Waals surface area (Å²) in [5, 5.41) is 0. The quantitative estimate of drug-likeness (QED) is 0.669. The van der Waals surface area contributed by atoms with Crippen LogP contribution in [-0.4, -0.2) is 43.7 Å². The monoisotopic (exact) mass is 216 g/mol. The van der Waals surface area contributed by atoms with E-state index in [2.05, 4.69) is 23.5 Å². The van der Waals surface area contributed by atoms with E-state index >= 15 is 0 Å². The van der Waals surface area contributed by atoms with Crippen LogP contribution in [0.15, 0.2) is 0 Å². The normalized spacial score (nSPS) is 15.5. The van der Waals surface area contributed by atoms with Crippen molar-refractivity contribution in [1.29, 1.82) is 0 Å². The summed E-state index contributed by atoms with van der Waals surface area (Å²) >= 11 is 0. The van der Waals surface area contributed by atoms with Gasteiger partial charge in [0.1, 0.15) is 5.54 Å². The largest absolute Gasteiger partial charge is 0.468 e. The molecule has 0 rings (SSSR count). The molecule has 90 valence electrons. The van der Waals surface area contributed by atoms with Gasteiger partial charge in [-0.15, -0.1) is 0 Å². The summed E-state index contributed by atoms with van der Waals surface area (Å²) in [4.78, 5) is 13.4. The number of carbonyl (C=O) groups is 1. The summed E-state index contributed by atoms with van der Waals surface area (Å²) in [6.07, 6.45) is 1.10. The summed E-state index contributed by atoms with van der Waals surface area (Å²) in [7, 11) is 3.33. The number of likely N-dealkylation sites (N-methyl/N-ethyl adjacent to an activating group) is 1. The van der Waals surface area contributed by atoms with Crippen LogP contribution in [0.25, 0.3) is 0 Å². The Morgan fingerprint density at radius 1 is 1.53 bits per heavy atom. The first kappa shape index (κ1) is 14.4. The van der Waals surface area contributed by atoms with Gasteiger partial charge in [0.25, 0.3) is 0 Å². The molecule has 0 spiro atoms. The molecule has 0 saturated heterocycles. The summed E-state index contributed by atoms with van der Waals surface area (Å²) < 4.78 is 4.65. The van der Waals surface area contributed by atoms with Crippen molar-refractivity contribution in [2.75, 3.05) is 27.2 Å². The lowest BCUT2D eigenvalue weighted by Gasteiger charge is -2.28. The maximum atomic E-state index is 11.3.